The van der Waals surface area contributed by atoms with Gasteiger partial charge in [-0.25, -0.2) is 4.79 Å². The normalized spacial score (nSPS) is 31.3. The highest BCUT2D eigenvalue weighted by Crippen LogP contribution is 2.39. The molecule has 3 aliphatic rings. The number of ketones is 2. The van der Waals surface area contributed by atoms with Crippen molar-refractivity contribution < 1.29 is 48.0 Å². The number of hydrogen-bond donors (Lipinski definition) is 1. The van der Waals surface area contributed by atoms with Gasteiger partial charge in [-0.2, -0.15) is 0 Å². The molecule has 1 saturated carbocycles. The molecule has 2 aliphatic heterocycles. The number of nitrogens with zero attached hydrogens (tertiary/aromatic N) is 1. The monoisotopic (exact) mass is 804 g/mol. The highest BCUT2D eigenvalue weighted by atomic mass is 16.7. The molecule has 2 saturated heterocycles. The van der Waals surface area contributed by atoms with E-state index in [0.717, 1.165) is 50.5 Å². The molecule has 1 aliphatic carbocycles. The van der Waals surface area contributed by atoms with Gasteiger partial charge in [-0.1, -0.05) is 79.0 Å². The van der Waals surface area contributed by atoms with Crippen LogP contribution in [0.5, 0.6) is 0 Å². The number of esters is 1. The van der Waals surface area contributed by atoms with Gasteiger partial charge in [0.25, 0.3) is 11.7 Å². The molecule has 57 heavy (non-hydrogen) atoms. The van der Waals surface area contributed by atoms with Crippen molar-refractivity contribution >= 4 is 23.4 Å². The molecule has 3 fully saturated rings. The third-order valence-corrected chi connectivity index (χ3v) is 13.4. The molecule has 0 aromatic heterocycles. The number of aliphatic hydroxyl groups is 1. The van der Waals surface area contributed by atoms with E-state index in [1.807, 2.05) is 27.7 Å². The van der Waals surface area contributed by atoms with Crippen LogP contribution in [0.15, 0.2) is 23.3 Å². The Hall–Kier alpha value is -2.44. The van der Waals surface area contributed by atoms with E-state index in [1.165, 1.54) is 10.5 Å². The average molecular weight is 804 g/mol. The quantitative estimate of drug-likeness (QED) is 0.0695. The summed E-state index contributed by atoms with van der Waals surface area (Å²) in [6, 6.07) is -1.01. The predicted molar refractivity (Wildman–Crippen MR) is 221 cm³/mol. The van der Waals surface area contributed by atoms with Gasteiger partial charge in [0.15, 0.2) is 0 Å². The number of allylic oxidation sites excluding steroid dienone is 3. The highest BCUT2D eigenvalue weighted by molar-refractivity contribution is 6.39. The third kappa shape index (κ3) is 12.3. The lowest BCUT2D eigenvalue weighted by atomic mass is 9.77. The fourth-order valence-corrected chi connectivity index (χ4v) is 9.24. The molecule has 11 heteroatoms. The molecule has 0 bridgehead atoms. The number of carbonyl (C=O) groups excluding carboxylic acids is 4. The second kappa shape index (κ2) is 22.8. The first-order valence-electron chi connectivity index (χ1n) is 21.9. The Kier molecular flexibility index (Phi) is 19.6. The second-order valence-electron chi connectivity index (χ2n) is 17.6. The van der Waals surface area contributed by atoms with E-state index >= 15 is 0 Å². The van der Waals surface area contributed by atoms with Crippen molar-refractivity contribution in [3.63, 3.8) is 0 Å². The summed E-state index contributed by atoms with van der Waals surface area (Å²) < 4.78 is 29.7. The van der Waals surface area contributed by atoms with Crippen molar-refractivity contribution in [3.8, 4) is 0 Å². The number of rotatable bonds is 21. The molecule has 2 heterocycles. The standard InChI is InChI=1S/C46H77NO10/c1-13-17-35(23-28(4)15-3)37(48)25-30(6)33(9)41(31(7)24-34-21-20-29(5)39(27-34)54-11)56-45(51)36-19-16-22-47(36)44(50)43(49)46(52)32(8)26-40(55-12)42(57-46)38(53-10)18-14-2/h23-24,29-30,32-36,38-42,52H,13-22,25-27H2,1-12H3/b28-23+,31-24+. The van der Waals surface area contributed by atoms with Crippen LogP contribution in [0.3, 0.4) is 0 Å². The predicted octanol–water partition coefficient (Wildman–Crippen LogP) is 7.80. The van der Waals surface area contributed by atoms with Gasteiger partial charge in [0, 0.05) is 52.0 Å². The molecule has 0 aromatic rings. The number of ether oxygens (including phenoxy) is 5. The molecule has 13 atom stereocenters. The minimum absolute atomic E-state index is 0.110. The molecule has 13 unspecified atom stereocenters. The van der Waals surface area contributed by atoms with Crippen LogP contribution in [-0.4, -0.2) is 104 Å². The van der Waals surface area contributed by atoms with Gasteiger partial charge in [0.2, 0.25) is 5.79 Å². The third-order valence-electron chi connectivity index (χ3n) is 13.4. The summed E-state index contributed by atoms with van der Waals surface area (Å²) in [4.78, 5) is 57.4. The van der Waals surface area contributed by atoms with Crippen molar-refractivity contribution in [2.75, 3.05) is 27.9 Å². The van der Waals surface area contributed by atoms with E-state index in [2.05, 4.69) is 39.8 Å². The zero-order valence-electron chi connectivity index (χ0n) is 37.3. The smallest absolute Gasteiger partial charge is 0.329 e. The van der Waals surface area contributed by atoms with Crippen molar-refractivity contribution in [1.82, 2.24) is 4.90 Å². The second-order valence-corrected chi connectivity index (χ2v) is 17.6. The SMILES string of the molecule is CCCC(/C=C(\C)CC)C(=O)CC(C)C(C)C(OC(=O)C1CCCN1C(=O)C(=O)C1(O)OC(C(CCC)OC)C(OC)CC1C)/C(C)=C/C1CCC(C)C(OC)C1. The van der Waals surface area contributed by atoms with Gasteiger partial charge in [-0.15, -0.1) is 0 Å². The van der Waals surface area contributed by atoms with Crippen LogP contribution in [0, 0.1) is 35.5 Å². The van der Waals surface area contributed by atoms with E-state index < -0.39 is 59.8 Å². The summed E-state index contributed by atoms with van der Waals surface area (Å²) in [5.41, 5.74) is 2.10. The fraction of sp³-hybridized carbons (Fsp3) is 0.826. The maximum absolute atomic E-state index is 14.3. The van der Waals surface area contributed by atoms with Crippen molar-refractivity contribution in [2.24, 2.45) is 35.5 Å². The number of Topliss-reactive ketones (excluding diaryl/α,β-unsaturated/α-hetero) is 2. The first-order valence-corrected chi connectivity index (χ1v) is 21.9. The first kappa shape index (κ1) is 48.9. The minimum Gasteiger partial charge on any atom is -0.456 e. The Morgan fingerprint density at radius 1 is 0.930 bits per heavy atom. The number of likely N-dealkylation sites (tertiary alicyclic amines) is 1. The van der Waals surface area contributed by atoms with Crippen LogP contribution in [0.2, 0.25) is 0 Å². The lowest BCUT2D eigenvalue weighted by Crippen LogP contribution is -2.63. The summed E-state index contributed by atoms with van der Waals surface area (Å²) in [6.45, 7) is 18.4. The molecular weight excluding hydrogens is 727 g/mol. The largest absolute Gasteiger partial charge is 0.456 e. The number of amides is 1. The van der Waals surface area contributed by atoms with Crippen LogP contribution < -0.4 is 0 Å². The van der Waals surface area contributed by atoms with Crippen molar-refractivity contribution in [2.45, 2.75) is 182 Å². The maximum Gasteiger partial charge on any atom is 0.329 e. The zero-order valence-corrected chi connectivity index (χ0v) is 37.3. The molecule has 3 rings (SSSR count). The van der Waals surface area contributed by atoms with E-state index in [1.54, 1.807) is 28.3 Å². The zero-order chi connectivity index (χ0) is 42.6. The Morgan fingerprint density at radius 2 is 1.60 bits per heavy atom. The van der Waals surface area contributed by atoms with Crippen LogP contribution in [0.25, 0.3) is 0 Å². The Bertz CT molecular complexity index is 1390. The maximum atomic E-state index is 14.3. The molecule has 0 radical (unpaired) electrons. The summed E-state index contributed by atoms with van der Waals surface area (Å²) in [6.07, 6.45) is 10.4. The van der Waals surface area contributed by atoms with Crippen molar-refractivity contribution in [1.29, 1.82) is 0 Å². The Labute approximate surface area is 344 Å². The van der Waals surface area contributed by atoms with Gasteiger partial charge in [0.05, 0.1) is 18.3 Å². The summed E-state index contributed by atoms with van der Waals surface area (Å²) in [7, 11) is 4.85. The van der Waals surface area contributed by atoms with Gasteiger partial charge in [-0.05, 0) is 95.0 Å². The average Bonchev–Trinajstić information content (AvgIpc) is 3.69. The minimum atomic E-state index is -2.42. The van der Waals surface area contributed by atoms with Crippen LogP contribution in [-0.2, 0) is 42.9 Å². The summed E-state index contributed by atoms with van der Waals surface area (Å²) in [5, 5.41) is 11.8. The Morgan fingerprint density at radius 3 is 2.19 bits per heavy atom. The van der Waals surface area contributed by atoms with E-state index in [0.29, 0.717) is 31.6 Å². The highest BCUT2D eigenvalue weighted by Gasteiger charge is 2.56. The van der Waals surface area contributed by atoms with Gasteiger partial charge < -0.3 is 33.7 Å². The van der Waals surface area contributed by atoms with Gasteiger partial charge in [0.1, 0.15) is 24.0 Å². The van der Waals surface area contributed by atoms with E-state index in [-0.39, 0.29) is 48.5 Å². The number of carbonyl (C=O) groups is 4. The van der Waals surface area contributed by atoms with Crippen LogP contribution in [0.1, 0.15) is 139 Å². The molecular formula is C46H77NO10. The topological polar surface area (TPSA) is 138 Å². The van der Waals surface area contributed by atoms with Gasteiger partial charge in [-0.3, -0.25) is 14.4 Å². The lowest BCUT2D eigenvalue weighted by Gasteiger charge is -2.46. The van der Waals surface area contributed by atoms with E-state index in [9.17, 15) is 24.3 Å². The molecule has 326 valence electrons. The first-order chi connectivity index (χ1) is 27.0. The lowest BCUT2D eigenvalue weighted by molar-refractivity contribution is -0.302. The summed E-state index contributed by atoms with van der Waals surface area (Å²) in [5.74, 6) is -5.46. The molecule has 11 nitrogen and oxygen atoms in total. The van der Waals surface area contributed by atoms with Crippen LogP contribution in [0.4, 0.5) is 0 Å². The Balaban J connectivity index is 1.89. The van der Waals surface area contributed by atoms with Crippen molar-refractivity contribution in [3.05, 3.63) is 23.3 Å². The van der Waals surface area contributed by atoms with E-state index in [4.69, 9.17) is 23.7 Å². The van der Waals surface area contributed by atoms with Gasteiger partial charge >= 0.3 is 5.97 Å². The number of methoxy groups -OCH3 is 3. The van der Waals surface area contributed by atoms with Crippen LogP contribution >= 0.6 is 0 Å². The molecule has 1 N–H and O–H groups in total. The molecule has 1 amide bonds. The fourth-order valence-electron chi connectivity index (χ4n) is 9.24. The number of hydrogen-bond acceptors (Lipinski definition) is 10. The molecule has 0 aromatic carbocycles. The molecule has 0 spiro atoms. The summed E-state index contributed by atoms with van der Waals surface area (Å²) >= 11 is 0.